The van der Waals surface area contributed by atoms with Gasteiger partial charge in [0.05, 0.1) is 11.4 Å². The van der Waals surface area contributed by atoms with Crippen LogP contribution in [0.1, 0.15) is 25.3 Å². The van der Waals surface area contributed by atoms with Crippen LogP contribution >= 0.6 is 0 Å². The van der Waals surface area contributed by atoms with Crippen molar-refractivity contribution in [1.29, 1.82) is 0 Å². The topological polar surface area (TPSA) is 73.8 Å². The summed E-state index contributed by atoms with van der Waals surface area (Å²) in [5.74, 6) is 1.49. The lowest BCUT2D eigenvalue weighted by Gasteiger charge is -2.20. The highest BCUT2D eigenvalue weighted by atomic mass is 32.2. The normalized spacial score (nSPS) is 17.7. The third-order valence-electron chi connectivity index (χ3n) is 4.38. The summed E-state index contributed by atoms with van der Waals surface area (Å²) in [7, 11) is -3.31. The molecule has 1 saturated carbocycles. The van der Waals surface area contributed by atoms with Gasteiger partial charge in [0, 0.05) is 26.2 Å². The lowest BCUT2D eigenvalue weighted by molar-refractivity contribution is 0.591. The Bertz CT molecular complexity index is 698. The van der Waals surface area contributed by atoms with Gasteiger partial charge in [-0.15, -0.1) is 0 Å². The average Bonchev–Trinajstić information content (AvgIpc) is 3.28. The molecule has 0 spiro atoms. The number of rotatable bonds is 7. The van der Waals surface area contributed by atoms with E-state index in [0.717, 1.165) is 30.8 Å². The minimum absolute atomic E-state index is 0.0647. The molecule has 0 bridgehead atoms. The van der Waals surface area contributed by atoms with Crippen molar-refractivity contribution in [3.63, 3.8) is 0 Å². The number of para-hydroxylation sites is 1. The zero-order valence-corrected chi connectivity index (χ0v) is 15.0. The van der Waals surface area contributed by atoms with Crippen LogP contribution in [0, 0.1) is 5.92 Å². The highest BCUT2D eigenvalue weighted by molar-refractivity contribution is 7.92. The minimum Gasteiger partial charge on any atom is -0.357 e. The van der Waals surface area contributed by atoms with Crippen molar-refractivity contribution < 1.29 is 8.42 Å². The first kappa shape index (κ1) is 17.1. The molecule has 6 nitrogen and oxygen atoms in total. The van der Waals surface area contributed by atoms with Crippen LogP contribution in [0.15, 0.2) is 29.3 Å². The summed E-state index contributed by atoms with van der Waals surface area (Å²) in [6.45, 7) is 4.49. The second-order valence-electron chi connectivity index (χ2n) is 6.36. The Morgan fingerprint density at radius 2 is 2.08 bits per heavy atom. The number of aliphatic imine (C=N–C) groups is 1. The fourth-order valence-electron chi connectivity index (χ4n) is 2.87. The van der Waals surface area contributed by atoms with Crippen molar-refractivity contribution in [3.05, 3.63) is 29.8 Å². The van der Waals surface area contributed by atoms with Crippen LogP contribution in [0.5, 0.6) is 0 Å². The zero-order valence-electron chi connectivity index (χ0n) is 14.2. The molecule has 0 aromatic heterocycles. The van der Waals surface area contributed by atoms with Crippen LogP contribution in [-0.2, 0) is 16.4 Å². The van der Waals surface area contributed by atoms with E-state index >= 15 is 0 Å². The summed E-state index contributed by atoms with van der Waals surface area (Å²) in [6, 6.07) is 7.72. The quantitative estimate of drug-likeness (QED) is 0.575. The smallest absolute Gasteiger partial charge is 0.236 e. The Hall–Kier alpha value is -1.76. The Balaban J connectivity index is 1.56. The monoisotopic (exact) mass is 350 g/mol. The summed E-state index contributed by atoms with van der Waals surface area (Å²) >= 11 is 0. The molecule has 0 radical (unpaired) electrons. The van der Waals surface area contributed by atoms with Crippen LogP contribution in [0.3, 0.4) is 0 Å². The summed E-state index contributed by atoms with van der Waals surface area (Å²) in [5.41, 5.74) is 1.93. The molecule has 1 aromatic rings. The molecule has 0 saturated heterocycles. The number of anilines is 1. The molecule has 1 aliphatic carbocycles. The molecule has 1 aliphatic heterocycles. The number of hydrogen-bond donors (Lipinski definition) is 2. The van der Waals surface area contributed by atoms with Crippen molar-refractivity contribution >= 4 is 21.7 Å². The maximum Gasteiger partial charge on any atom is 0.236 e. The number of nitrogens with zero attached hydrogens (tertiary/aromatic N) is 2. The molecule has 1 aromatic carbocycles. The van der Waals surface area contributed by atoms with Gasteiger partial charge in [-0.25, -0.2) is 8.42 Å². The maximum atomic E-state index is 12.6. The SMILES string of the molecule is CCNC(=NCC1CC1)NCCS(=O)(=O)N1CCc2ccccc21. The van der Waals surface area contributed by atoms with Gasteiger partial charge in [-0.3, -0.25) is 9.30 Å². The fraction of sp³-hybridized carbons (Fsp3) is 0.588. The van der Waals surface area contributed by atoms with Crippen molar-refractivity contribution in [2.24, 2.45) is 10.9 Å². The van der Waals surface area contributed by atoms with Crippen molar-refractivity contribution in [3.8, 4) is 0 Å². The van der Waals surface area contributed by atoms with Gasteiger partial charge in [0.1, 0.15) is 0 Å². The van der Waals surface area contributed by atoms with Gasteiger partial charge in [0.25, 0.3) is 0 Å². The summed E-state index contributed by atoms with van der Waals surface area (Å²) in [6.07, 6.45) is 3.30. The first-order valence-corrected chi connectivity index (χ1v) is 10.3. The Kier molecular flexibility index (Phi) is 5.28. The maximum absolute atomic E-state index is 12.6. The van der Waals surface area contributed by atoms with Gasteiger partial charge in [-0.1, -0.05) is 18.2 Å². The fourth-order valence-corrected chi connectivity index (χ4v) is 4.30. The van der Waals surface area contributed by atoms with E-state index in [0.29, 0.717) is 25.0 Å². The number of hydrogen-bond acceptors (Lipinski definition) is 3. The number of benzene rings is 1. The second-order valence-corrected chi connectivity index (χ2v) is 8.37. The molecule has 132 valence electrons. The van der Waals surface area contributed by atoms with Crippen molar-refractivity contribution in [2.75, 3.05) is 36.2 Å². The van der Waals surface area contributed by atoms with Crippen LogP contribution in [-0.4, -0.2) is 46.3 Å². The molecule has 0 unspecified atom stereocenters. The van der Waals surface area contributed by atoms with E-state index in [-0.39, 0.29) is 5.75 Å². The summed E-state index contributed by atoms with van der Waals surface area (Å²) < 4.78 is 26.8. The molecule has 0 atom stereocenters. The van der Waals surface area contributed by atoms with Gasteiger partial charge in [-0.2, -0.15) is 0 Å². The number of sulfonamides is 1. The van der Waals surface area contributed by atoms with E-state index in [9.17, 15) is 8.42 Å². The van der Waals surface area contributed by atoms with Crippen molar-refractivity contribution in [2.45, 2.75) is 26.2 Å². The van der Waals surface area contributed by atoms with E-state index in [2.05, 4.69) is 15.6 Å². The van der Waals surface area contributed by atoms with Gasteiger partial charge in [0.15, 0.2) is 5.96 Å². The lowest BCUT2D eigenvalue weighted by Crippen LogP contribution is -2.42. The van der Waals surface area contributed by atoms with E-state index in [1.54, 1.807) is 0 Å². The molecular formula is C17H26N4O2S. The average molecular weight is 350 g/mol. The minimum atomic E-state index is -3.31. The predicted molar refractivity (Wildman–Crippen MR) is 98.0 cm³/mol. The molecule has 24 heavy (non-hydrogen) atoms. The molecule has 7 heteroatoms. The Morgan fingerprint density at radius 1 is 1.29 bits per heavy atom. The van der Waals surface area contributed by atoms with E-state index in [1.165, 1.54) is 17.1 Å². The van der Waals surface area contributed by atoms with Crippen LogP contribution in [0.25, 0.3) is 0 Å². The molecule has 2 aliphatic rings. The first-order chi connectivity index (χ1) is 11.6. The number of fused-ring (bicyclic) bond motifs is 1. The zero-order chi connectivity index (χ0) is 17.0. The van der Waals surface area contributed by atoms with E-state index in [4.69, 9.17) is 0 Å². The standard InChI is InChI=1S/C17H26N4O2S/c1-2-18-17(20-13-14-7-8-14)19-10-12-24(22,23)21-11-9-15-5-3-4-6-16(15)21/h3-6,14H,2,7-13H2,1H3,(H2,18,19,20). The molecular weight excluding hydrogens is 324 g/mol. The Labute approximate surface area is 144 Å². The molecule has 3 rings (SSSR count). The van der Waals surface area contributed by atoms with Gasteiger partial charge >= 0.3 is 0 Å². The van der Waals surface area contributed by atoms with E-state index in [1.807, 2.05) is 31.2 Å². The Morgan fingerprint density at radius 3 is 2.83 bits per heavy atom. The highest BCUT2D eigenvalue weighted by Crippen LogP contribution is 2.30. The molecule has 0 amide bonds. The van der Waals surface area contributed by atoms with Gasteiger partial charge < -0.3 is 10.6 Å². The van der Waals surface area contributed by atoms with Crippen LogP contribution in [0.2, 0.25) is 0 Å². The second kappa shape index (κ2) is 7.42. The molecule has 1 heterocycles. The molecule has 1 fully saturated rings. The highest BCUT2D eigenvalue weighted by Gasteiger charge is 2.28. The lowest BCUT2D eigenvalue weighted by atomic mass is 10.2. The molecule has 2 N–H and O–H groups in total. The van der Waals surface area contributed by atoms with Gasteiger partial charge in [0.2, 0.25) is 10.0 Å². The van der Waals surface area contributed by atoms with Crippen LogP contribution < -0.4 is 14.9 Å². The third-order valence-corrected chi connectivity index (χ3v) is 6.15. The third kappa shape index (κ3) is 4.20. The van der Waals surface area contributed by atoms with Crippen molar-refractivity contribution in [1.82, 2.24) is 10.6 Å². The number of nitrogens with one attached hydrogen (secondary N) is 2. The first-order valence-electron chi connectivity index (χ1n) is 8.70. The van der Waals surface area contributed by atoms with E-state index < -0.39 is 10.0 Å². The number of guanidine groups is 1. The summed E-state index contributed by atoms with van der Waals surface area (Å²) in [5, 5.41) is 6.31. The summed E-state index contributed by atoms with van der Waals surface area (Å²) in [4.78, 5) is 4.51. The predicted octanol–water partition coefficient (Wildman–Crippen LogP) is 1.34. The van der Waals surface area contributed by atoms with Gasteiger partial charge in [-0.05, 0) is 43.7 Å². The van der Waals surface area contributed by atoms with Crippen LogP contribution in [0.4, 0.5) is 5.69 Å². The largest absolute Gasteiger partial charge is 0.357 e.